The number of hydrogen-bond acceptors (Lipinski definition) is 4. The second-order valence-electron chi connectivity index (χ2n) is 7.27. The van der Waals surface area contributed by atoms with Crippen LogP contribution in [0.15, 0.2) is 77.2 Å². The minimum absolute atomic E-state index is 0.0917. The molecule has 1 atom stereocenters. The summed E-state index contributed by atoms with van der Waals surface area (Å²) in [6.45, 7) is 3.99. The number of furan rings is 1. The summed E-state index contributed by atoms with van der Waals surface area (Å²) in [5.74, 6) is 1.80. The van der Waals surface area contributed by atoms with E-state index in [1.165, 1.54) is 5.56 Å². The third-order valence-electron chi connectivity index (χ3n) is 5.25. The molecule has 0 saturated carbocycles. The van der Waals surface area contributed by atoms with Gasteiger partial charge in [0.25, 0.3) is 5.88 Å². The fraction of sp³-hybridized carbons (Fsp3) is 0.120. The molecule has 0 amide bonds. The van der Waals surface area contributed by atoms with E-state index >= 15 is 0 Å². The highest BCUT2D eigenvalue weighted by Gasteiger charge is 2.20. The van der Waals surface area contributed by atoms with Crippen LogP contribution < -0.4 is 4.74 Å². The van der Waals surface area contributed by atoms with Crippen LogP contribution >= 0.6 is 11.6 Å². The first-order valence-electron chi connectivity index (χ1n) is 9.78. The minimum Gasteiger partial charge on any atom is -0.449 e. The topological polar surface area (TPSA) is 48.2 Å². The van der Waals surface area contributed by atoms with Gasteiger partial charge in [0.2, 0.25) is 5.58 Å². The predicted molar refractivity (Wildman–Crippen MR) is 120 cm³/mol. The van der Waals surface area contributed by atoms with Crippen LogP contribution in [0.2, 0.25) is 5.02 Å². The molecular weight excluding hydrogens is 396 g/mol. The standard InChI is InChI=1S/C25H19ClN2O2/c1-15(17-8-4-3-5-9-17)20-14-18(26)12-13-22(20)30-25-24-23(27-16(2)28-25)19-10-6-7-11-21(19)29-24/h3-15H,1-2H3/t15-/m1/s1. The third kappa shape index (κ3) is 3.29. The summed E-state index contributed by atoms with van der Waals surface area (Å²) in [5.41, 5.74) is 4.20. The van der Waals surface area contributed by atoms with Gasteiger partial charge in [0.05, 0.1) is 0 Å². The molecule has 0 spiro atoms. The second kappa shape index (κ2) is 7.47. The van der Waals surface area contributed by atoms with E-state index in [9.17, 15) is 0 Å². The molecule has 0 fully saturated rings. The minimum atomic E-state index is 0.0917. The Kier molecular flexibility index (Phi) is 4.64. The average molecular weight is 415 g/mol. The number of aromatic nitrogens is 2. The lowest BCUT2D eigenvalue weighted by Crippen LogP contribution is -2.01. The van der Waals surface area contributed by atoms with E-state index in [-0.39, 0.29) is 5.92 Å². The van der Waals surface area contributed by atoms with Crippen molar-refractivity contribution in [2.75, 3.05) is 0 Å². The van der Waals surface area contributed by atoms with Crippen molar-refractivity contribution in [2.24, 2.45) is 0 Å². The molecule has 5 heteroatoms. The lowest BCUT2D eigenvalue weighted by Gasteiger charge is -2.17. The fourth-order valence-electron chi connectivity index (χ4n) is 3.72. The molecule has 0 radical (unpaired) electrons. The molecular formula is C25H19ClN2O2. The molecule has 0 aliphatic heterocycles. The average Bonchev–Trinajstić information content (AvgIpc) is 3.14. The molecule has 30 heavy (non-hydrogen) atoms. The number of benzene rings is 3. The van der Waals surface area contributed by atoms with E-state index in [1.807, 2.05) is 67.6 Å². The summed E-state index contributed by atoms with van der Waals surface area (Å²) in [4.78, 5) is 9.11. The lowest BCUT2D eigenvalue weighted by atomic mass is 9.92. The maximum Gasteiger partial charge on any atom is 0.267 e. The van der Waals surface area contributed by atoms with E-state index < -0.39 is 0 Å². The molecule has 0 saturated heterocycles. The van der Waals surface area contributed by atoms with E-state index in [1.54, 1.807) is 0 Å². The highest BCUT2D eigenvalue weighted by molar-refractivity contribution is 6.30. The molecule has 2 heterocycles. The Morgan fingerprint density at radius 3 is 2.53 bits per heavy atom. The summed E-state index contributed by atoms with van der Waals surface area (Å²) in [6, 6.07) is 23.7. The third-order valence-corrected chi connectivity index (χ3v) is 5.48. The number of para-hydroxylation sites is 1. The van der Waals surface area contributed by atoms with Gasteiger partial charge in [-0.05, 0) is 42.8 Å². The Bertz CT molecular complexity index is 1360. The Labute approximate surface area is 179 Å². The Balaban J connectivity index is 1.64. The molecule has 148 valence electrons. The summed E-state index contributed by atoms with van der Waals surface area (Å²) in [5, 5.41) is 1.60. The van der Waals surface area contributed by atoms with E-state index in [4.69, 9.17) is 20.8 Å². The molecule has 5 rings (SSSR count). The zero-order valence-electron chi connectivity index (χ0n) is 16.6. The van der Waals surface area contributed by atoms with Crippen LogP contribution in [0.1, 0.15) is 29.8 Å². The monoisotopic (exact) mass is 414 g/mol. The van der Waals surface area contributed by atoms with Crippen LogP contribution in [0.4, 0.5) is 0 Å². The summed E-state index contributed by atoms with van der Waals surface area (Å²) in [6.07, 6.45) is 0. The van der Waals surface area contributed by atoms with Crippen molar-refractivity contribution in [3.63, 3.8) is 0 Å². The van der Waals surface area contributed by atoms with Crippen molar-refractivity contribution in [1.82, 2.24) is 9.97 Å². The van der Waals surface area contributed by atoms with Crippen molar-refractivity contribution < 1.29 is 9.15 Å². The number of ether oxygens (including phenoxy) is 1. The second-order valence-corrected chi connectivity index (χ2v) is 7.70. The maximum atomic E-state index is 6.33. The number of halogens is 1. The van der Waals surface area contributed by atoms with E-state index in [0.29, 0.717) is 28.1 Å². The molecule has 2 aromatic heterocycles. The van der Waals surface area contributed by atoms with Crippen LogP contribution in [0.5, 0.6) is 11.6 Å². The zero-order chi connectivity index (χ0) is 20.7. The van der Waals surface area contributed by atoms with Crippen molar-refractivity contribution in [2.45, 2.75) is 19.8 Å². The van der Waals surface area contributed by atoms with Gasteiger partial charge in [-0.15, -0.1) is 0 Å². The Morgan fingerprint density at radius 1 is 0.933 bits per heavy atom. The SMILES string of the molecule is Cc1nc(Oc2ccc(Cl)cc2[C@H](C)c2ccccc2)c2oc3ccccc3c2n1. The van der Waals surface area contributed by atoms with Gasteiger partial charge in [-0.3, -0.25) is 0 Å². The van der Waals surface area contributed by atoms with E-state index in [2.05, 4.69) is 29.0 Å². The van der Waals surface area contributed by atoms with Gasteiger partial charge in [0, 0.05) is 21.9 Å². The van der Waals surface area contributed by atoms with Gasteiger partial charge in [-0.1, -0.05) is 61.0 Å². The largest absolute Gasteiger partial charge is 0.449 e. The van der Waals surface area contributed by atoms with Crippen molar-refractivity contribution >= 4 is 33.7 Å². The maximum absolute atomic E-state index is 6.33. The smallest absolute Gasteiger partial charge is 0.267 e. The number of rotatable bonds is 4. The first-order valence-corrected chi connectivity index (χ1v) is 10.2. The molecule has 0 N–H and O–H groups in total. The number of nitrogens with zero attached hydrogens (tertiary/aromatic N) is 2. The lowest BCUT2D eigenvalue weighted by molar-refractivity contribution is 0.448. The normalized spacial score (nSPS) is 12.4. The summed E-state index contributed by atoms with van der Waals surface area (Å²) < 4.78 is 12.4. The number of fused-ring (bicyclic) bond motifs is 3. The molecule has 0 unspecified atom stereocenters. The number of hydrogen-bond donors (Lipinski definition) is 0. The van der Waals surface area contributed by atoms with Crippen LogP contribution in [0.3, 0.4) is 0 Å². The summed E-state index contributed by atoms with van der Waals surface area (Å²) >= 11 is 6.33. The molecule has 0 bridgehead atoms. The van der Waals surface area contributed by atoms with Crippen molar-refractivity contribution in [3.05, 3.63) is 94.8 Å². The Morgan fingerprint density at radius 2 is 1.70 bits per heavy atom. The molecule has 0 aliphatic rings. The van der Waals surface area contributed by atoms with Gasteiger partial charge in [-0.25, -0.2) is 4.98 Å². The van der Waals surface area contributed by atoms with Crippen LogP contribution in [0, 0.1) is 6.92 Å². The first kappa shape index (κ1) is 18.6. The first-order chi connectivity index (χ1) is 14.6. The molecule has 3 aromatic carbocycles. The Hall–Kier alpha value is -3.37. The van der Waals surface area contributed by atoms with Gasteiger partial charge in [0.1, 0.15) is 22.7 Å². The van der Waals surface area contributed by atoms with Crippen LogP contribution in [0.25, 0.3) is 22.1 Å². The molecule has 0 aliphatic carbocycles. The zero-order valence-corrected chi connectivity index (χ0v) is 17.4. The summed E-state index contributed by atoms with van der Waals surface area (Å²) in [7, 11) is 0. The highest BCUT2D eigenvalue weighted by Crippen LogP contribution is 2.39. The van der Waals surface area contributed by atoms with Gasteiger partial charge < -0.3 is 9.15 Å². The molecule has 5 aromatic rings. The van der Waals surface area contributed by atoms with Crippen molar-refractivity contribution in [3.8, 4) is 11.6 Å². The van der Waals surface area contributed by atoms with Crippen LogP contribution in [-0.4, -0.2) is 9.97 Å². The highest BCUT2D eigenvalue weighted by atomic mass is 35.5. The fourth-order valence-corrected chi connectivity index (χ4v) is 3.90. The predicted octanol–water partition coefficient (Wildman–Crippen LogP) is 7.28. The molecule has 4 nitrogen and oxygen atoms in total. The van der Waals surface area contributed by atoms with Crippen LogP contribution in [-0.2, 0) is 0 Å². The van der Waals surface area contributed by atoms with Gasteiger partial charge in [0.15, 0.2) is 0 Å². The van der Waals surface area contributed by atoms with Gasteiger partial charge >= 0.3 is 0 Å². The number of aryl methyl sites for hydroxylation is 1. The quantitative estimate of drug-likeness (QED) is 0.310. The van der Waals surface area contributed by atoms with Crippen molar-refractivity contribution in [1.29, 1.82) is 0 Å². The van der Waals surface area contributed by atoms with E-state index in [0.717, 1.165) is 22.0 Å². The van der Waals surface area contributed by atoms with Gasteiger partial charge in [-0.2, -0.15) is 4.98 Å².